The number of nitrogens with one attached hydrogen (secondary N) is 1. The van der Waals surface area contributed by atoms with Gasteiger partial charge < -0.3 is 24.1 Å². The van der Waals surface area contributed by atoms with Crippen LogP contribution in [0.1, 0.15) is 47.2 Å². The Kier molecular flexibility index (Phi) is 8.14. The number of hydrogen-bond donors (Lipinski definition) is 1. The summed E-state index contributed by atoms with van der Waals surface area (Å²) in [5.74, 6) is 1.05. The summed E-state index contributed by atoms with van der Waals surface area (Å²) in [6, 6.07) is 16.9. The molecule has 6 rings (SSSR count). The third-order valence-corrected chi connectivity index (χ3v) is 8.45. The standard InChI is InChI=1S/C32H36N4O6/c1-40-29-19-26(42-25-12-15-34(16-13-25)20-22-6-4-14-33-30(22)37)8-9-27(29)31(38)35-17-10-24(11-18-35)36-28-7-3-2-5-23(28)21-41-32(36)39/h2-9,14,19,24-25H,10-13,15-18,20-21H2,1H3,(H,33,37). The Morgan fingerprint density at radius 2 is 1.76 bits per heavy atom. The number of piperidine rings is 2. The average Bonchev–Trinajstić information content (AvgIpc) is 3.03. The van der Waals surface area contributed by atoms with E-state index in [0.717, 1.165) is 42.7 Å². The number of likely N-dealkylation sites (tertiary alicyclic amines) is 2. The molecule has 1 aromatic heterocycles. The van der Waals surface area contributed by atoms with Gasteiger partial charge in [0.2, 0.25) is 0 Å². The zero-order valence-electron chi connectivity index (χ0n) is 23.8. The molecule has 220 valence electrons. The lowest BCUT2D eigenvalue weighted by molar-refractivity contribution is 0.0705. The first-order valence-corrected chi connectivity index (χ1v) is 14.6. The van der Waals surface area contributed by atoms with Gasteiger partial charge in [0.15, 0.2) is 0 Å². The van der Waals surface area contributed by atoms with Gasteiger partial charge in [0.25, 0.3) is 11.5 Å². The van der Waals surface area contributed by atoms with E-state index in [2.05, 4.69) is 9.88 Å². The van der Waals surface area contributed by atoms with Crippen molar-refractivity contribution in [2.45, 2.75) is 51.0 Å². The van der Waals surface area contributed by atoms with E-state index in [4.69, 9.17) is 14.2 Å². The second-order valence-corrected chi connectivity index (χ2v) is 11.1. The quantitative estimate of drug-likeness (QED) is 0.453. The summed E-state index contributed by atoms with van der Waals surface area (Å²) in [4.78, 5) is 46.7. The molecule has 3 aliphatic heterocycles. The molecule has 4 heterocycles. The molecule has 2 aromatic carbocycles. The topological polar surface area (TPSA) is 104 Å². The van der Waals surface area contributed by atoms with Crippen LogP contribution < -0.4 is 19.9 Å². The van der Waals surface area contributed by atoms with E-state index in [1.807, 2.05) is 47.4 Å². The van der Waals surface area contributed by atoms with Crippen LogP contribution in [0.25, 0.3) is 0 Å². The maximum Gasteiger partial charge on any atom is 0.414 e. The lowest BCUT2D eigenvalue weighted by Gasteiger charge is -2.40. The van der Waals surface area contributed by atoms with Crippen LogP contribution in [-0.4, -0.2) is 72.2 Å². The summed E-state index contributed by atoms with van der Waals surface area (Å²) in [6.07, 6.45) is 4.39. The zero-order valence-corrected chi connectivity index (χ0v) is 23.8. The molecule has 42 heavy (non-hydrogen) atoms. The number of nitrogens with zero attached hydrogens (tertiary/aromatic N) is 3. The number of pyridine rings is 1. The van der Waals surface area contributed by atoms with Crippen molar-refractivity contribution in [2.75, 3.05) is 38.2 Å². The minimum Gasteiger partial charge on any atom is -0.496 e. The largest absolute Gasteiger partial charge is 0.496 e. The SMILES string of the molecule is COc1cc(OC2CCN(Cc3ccc[nH]c3=O)CC2)ccc1C(=O)N1CCC(N2C(=O)OCc3ccccc32)CC1. The lowest BCUT2D eigenvalue weighted by atomic mass is 10.00. The van der Waals surface area contributed by atoms with Gasteiger partial charge in [-0.3, -0.25) is 19.4 Å². The predicted octanol–water partition coefficient (Wildman–Crippen LogP) is 4.19. The van der Waals surface area contributed by atoms with E-state index in [9.17, 15) is 14.4 Å². The molecule has 10 nitrogen and oxygen atoms in total. The van der Waals surface area contributed by atoms with E-state index in [1.165, 1.54) is 0 Å². The van der Waals surface area contributed by atoms with Gasteiger partial charge in [-0.2, -0.15) is 0 Å². The van der Waals surface area contributed by atoms with Gasteiger partial charge in [0.05, 0.1) is 18.4 Å². The van der Waals surface area contributed by atoms with Gasteiger partial charge in [-0.05, 0) is 49.9 Å². The van der Waals surface area contributed by atoms with Crippen LogP contribution in [-0.2, 0) is 17.9 Å². The van der Waals surface area contributed by atoms with Gasteiger partial charge in [-0.1, -0.05) is 24.3 Å². The Labute approximate surface area is 244 Å². The maximum atomic E-state index is 13.5. The van der Waals surface area contributed by atoms with Crippen molar-refractivity contribution in [1.29, 1.82) is 0 Å². The van der Waals surface area contributed by atoms with Crippen molar-refractivity contribution >= 4 is 17.7 Å². The molecule has 10 heteroatoms. The van der Waals surface area contributed by atoms with Gasteiger partial charge in [-0.15, -0.1) is 0 Å². The number of carbonyl (C=O) groups excluding carboxylic acids is 2. The number of fused-ring (bicyclic) bond motifs is 1. The fraction of sp³-hybridized carbons (Fsp3) is 0.406. The van der Waals surface area contributed by atoms with Gasteiger partial charge >= 0.3 is 6.09 Å². The molecule has 0 atom stereocenters. The Morgan fingerprint density at radius 3 is 2.52 bits per heavy atom. The van der Waals surface area contributed by atoms with Crippen LogP contribution in [0.15, 0.2) is 65.6 Å². The van der Waals surface area contributed by atoms with Crippen molar-refractivity contribution < 1.29 is 23.8 Å². The Bertz CT molecular complexity index is 1490. The highest BCUT2D eigenvalue weighted by Crippen LogP contribution is 2.33. The summed E-state index contributed by atoms with van der Waals surface area (Å²) >= 11 is 0. The van der Waals surface area contributed by atoms with Gasteiger partial charge in [0.1, 0.15) is 24.2 Å². The fourth-order valence-corrected chi connectivity index (χ4v) is 6.14. The monoisotopic (exact) mass is 572 g/mol. The second kappa shape index (κ2) is 12.3. The van der Waals surface area contributed by atoms with Gasteiger partial charge in [-0.25, -0.2) is 4.79 Å². The predicted molar refractivity (Wildman–Crippen MR) is 157 cm³/mol. The Morgan fingerprint density at radius 1 is 0.976 bits per heavy atom. The van der Waals surface area contributed by atoms with E-state index in [0.29, 0.717) is 49.5 Å². The number of cyclic esters (lactones) is 1. The number of carbonyl (C=O) groups is 2. The lowest BCUT2D eigenvalue weighted by Crippen LogP contribution is -2.50. The first kappa shape index (κ1) is 27.8. The van der Waals surface area contributed by atoms with Gasteiger partial charge in [0, 0.05) is 62.2 Å². The summed E-state index contributed by atoms with van der Waals surface area (Å²) in [7, 11) is 1.56. The number of para-hydroxylation sites is 1. The normalized spacial score (nSPS) is 18.4. The number of ether oxygens (including phenoxy) is 3. The van der Waals surface area contributed by atoms with Crippen molar-refractivity contribution in [3.05, 3.63) is 87.8 Å². The first-order chi connectivity index (χ1) is 20.5. The highest BCUT2D eigenvalue weighted by Gasteiger charge is 2.35. The summed E-state index contributed by atoms with van der Waals surface area (Å²) in [6.45, 7) is 3.65. The van der Waals surface area contributed by atoms with E-state index >= 15 is 0 Å². The number of aromatic nitrogens is 1. The minimum absolute atomic E-state index is 0.0273. The molecule has 3 aromatic rings. The van der Waals surface area contributed by atoms with Crippen molar-refractivity contribution in [2.24, 2.45) is 0 Å². The Balaban J connectivity index is 1.04. The molecular weight excluding hydrogens is 536 g/mol. The number of anilines is 1. The molecule has 2 fully saturated rings. The van der Waals surface area contributed by atoms with E-state index < -0.39 is 0 Å². The van der Waals surface area contributed by atoms with Crippen LogP contribution in [0, 0.1) is 0 Å². The molecule has 0 saturated carbocycles. The third kappa shape index (κ3) is 5.85. The molecule has 2 amide bonds. The summed E-state index contributed by atoms with van der Waals surface area (Å²) < 4.78 is 17.3. The van der Waals surface area contributed by atoms with Crippen LogP contribution in [0.3, 0.4) is 0 Å². The molecule has 1 N–H and O–H groups in total. The molecule has 0 unspecified atom stereocenters. The second-order valence-electron chi connectivity index (χ2n) is 11.1. The Hall–Kier alpha value is -4.31. The molecule has 2 saturated heterocycles. The fourth-order valence-electron chi connectivity index (χ4n) is 6.14. The number of rotatable bonds is 7. The van der Waals surface area contributed by atoms with Crippen LogP contribution in [0.4, 0.5) is 10.5 Å². The molecule has 0 radical (unpaired) electrons. The number of amides is 2. The van der Waals surface area contributed by atoms with Crippen molar-refractivity contribution in [3.8, 4) is 11.5 Å². The first-order valence-electron chi connectivity index (χ1n) is 14.6. The molecular formula is C32H36N4O6. The smallest absolute Gasteiger partial charge is 0.414 e. The summed E-state index contributed by atoms with van der Waals surface area (Å²) in [5, 5.41) is 0. The summed E-state index contributed by atoms with van der Waals surface area (Å²) in [5.41, 5.74) is 3.11. The van der Waals surface area contributed by atoms with Crippen LogP contribution in [0.5, 0.6) is 11.5 Å². The minimum atomic E-state index is -0.326. The van der Waals surface area contributed by atoms with E-state index in [1.54, 1.807) is 30.3 Å². The number of H-pyrrole nitrogens is 1. The number of aromatic amines is 1. The molecule has 3 aliphatic rings. The zero-order chi connectivity index (χ0) is 29.1. The van der Waals surface area contributed by atoms with E-state index in [-0.39, 0.29) is 36.3 Å². The van der Waals surface area contributed by atoms with Crippen molar-refractivity contribution in [3.63, 3.8) is 0 Å². The molecule has 0 bridgehead atoms. The molecule has 0 spiro atoms. The number of benzene rings is 2. The average molecular weight is 573 g/mol. The maximum absolute atomic E-state index is 13.5. The number of methoxy groups -OCH3 is 1. The van der Waals surface area contributed by atoms with Crippen LogP contribution in [0.2, 0.25) is 0 Å². The highest BCUT2D eigenvalue weighted by molar-refractivity contribution is 5.97. The van der Waals surface area contributed by atoms with Crippen molar-refractivity contribution in [1.82, 2.24) is 14.8 Å². The molecule has 0 aliphatic carbocycles. The highest BCUT2D eigenvalue weighted by atomic mass is 16.6. The third-order valence-electron chi connectivity index (χ3n) is 8.45. The number of hydrogen-bond acceptors (Lipinski definition) is 7. The van der Waals surface area contributed by atoms with Crippen LogP contribution >= 0.6 is 0 Å².